The van der Waals surface area contributed by atoms with E-state index in [4.69, 9.17) is 14.4 Å². The number of methoxy groups -OCH3 is 1. The summed E-state index contributed by atoms with van der Waals surface area (Å²) < 4.78 is 38.3. The second kappa shape index (κ2) is 4.37. The molecule has 0 aromatic heterocycles. The first-order valence-corrected chi connectivity index (χ1v) is 5.28. The molecule has 0 aliphatic rings. The van der Waals surface area contributed by atoms with Crippen LogP contribution in [0.4, 0.5) is 0 Å². The minimum atomic E-state index is -4.73. The molecule has 0 atom stereocenters. The van der Waals surface area contributed by atoms with E-state index in [1.54, 1.807) is 0 Å². The highest BCUT2D eigenvalue weighted by Crippen LogP contribution is 2.28. The highest BCUT2D eigenvalue weighted by molar-refractivity contribution is 7.81. The van der Waals surface area contributed by atoms with Crippen molar-refractivity contribution in [1.29, 1.82) is 0 Å². The molecule has 2 N–H and O–H groups in total. The molecule has 0 saturated carbocycles. The quantitative estimate of drug-likeness (QED) is 0.749. The third-order valence-corrected chi connectivity index (χ3v) is 2.00. The van der Waals surface area contributed by atoms with Crippen LogP contribution >= 0.6 is 0 Å². The fourth-order valence-electron chi connectivity index (χ4n) is 0.988. The van der Waals surface area contributed by atoms with Gasteiger partial charge in [-0.05, 0) is 12.1 Å². The van der Waals surface area contributed by atoms with Crippen LogP contribution in [0, 0.1) is 0 Å². The van der Waals surface area contributed by atoms with Crippen LogP contribution in [-0.4, -0.2) is 31.2 Å². The molecule has 7 nitrogen and oxygen atoms in total. The molecule has 0 saturated heterocycles. The van der Waals surface area contributed by atoms with E-state index in [0.29, 0.717) is 0 Å². The summed E-state index contributed by atoms with van der Waals surface area (Å²) in [7, 11) is -3.48. The Bertz CT molecular complexity index is 505. The molecule has 1 aromatic rings. The number of ether oxygens (including phenoxy) is 1. The zero-order valence-corrected chi connectivity index (χ0v) is 8.89. The van der Waals surface area contributed by atoms with Gasteiger partial charge in [-0.3, -0.25) is 4.55 Å². The number of carboxylic acid groups (broad SMARTS) is 1. The molecule has 0 bridgehead atoms. The molecule has 0 aliphatic carbocycles. The van der Waals surface area contributed by atoms with Crippen molar-refractivity contribution in [2.24, 2.45) is 0 Å². The van der Waals surface area contributed by atoms with Gasteiger partial charge in [-0.1, -0.05) is 0 Å². The second-order valence-corrected chi connectivity index (χ2v) is 3.70. The fraction of sp³-hybridized carbons (Fsp3) is 0.125. The van der Waals surface area contributed by atoms with E-state index >= 15 is 0 Å². The van der Waals surface area contributed by atoms with Crippen LogP contribution < -0.4 is 8.92 Å². The summed E-state index contributed by atoms with van der Waals surface area (Å²) in [4.78, 5) is 10.6. The van der Waals surface area contributed by atoms with Gasteiger partial charge in [0.05, 0.1) is 12.7 Å². The Hall–Kier alpha value is -1.80. The highest BCUT2D eigenvalue weighted by Gasteiger charge is 2.15. The number of rotatable bonds is 4. The Morgan fingerprint density at radius 2 is 1.94 bits per heavy atom. The van der Waals surface area contributed by atoms with E-state index in [-0.39, 0.29) is 11.3 Å². The van der Waals surface area contributed by atoms with E-state index in [9.17, 15) is 13.2 Å². The van der Waals surface area contributed by atoms with Crippen molar-refractivity contribution in [2.75, 3.05) is 7.11 Å². The Balaban J connectivity index is 3.22. The molecule has 8 heteroatoms. The fourth-order valence-corrected chi connectivity index (χ4v) is 1.35. The normalized spacial score (nSPS) is 10.9. The maximum absolute atomic E-state index is 10.6. The summed E-state index contributed by atoms with van der Waals surface area (Å²) >= 11 is 0. The van der Waals surface area contributed by atoms with Gasteiger partial charge in [-0.15, -0.1) is 0 Å². The standard InChI is InChI=1S/C8H8O7S/c1-14-6-3-2-5(8(9)10)4-7(6)15-16(11,12)13/h2-4H,1H3,(H,9,10)(H,11,12,13). The van der Waals surface area contributed by atoms with E-state index in [1.807, 2.05) is 0 Å². The Labute approximate surface area is 91.2 Å². The van der Waals surface area contributed by atoms with Gasteiger partial charge >= 0.3 is 16.4 Å². The van der Waals surface area contributed by atoms with Crippen molar-refractivity contribution >= 4 is 16.4 Å². The predicted molar refractivity (Wildman–Crippen MR) is 52.1 cm³/mol. The topological polar surface area (TPSA) is 110 Å². The van der Waals surface area contributed by atoms with Crippen molar-refractivity contribution in [1.82, 2.24) is 0 Å². The molecule has 0 radical (unpaired) electrons. The average Bonchev–Trinajstić information content (AvgIpc) is 2.15. The lowest BCUT2D eigenvalue weighted by molar-refractivity contribution is 0.0696. The van der Waals surface area contributed by atoms with Gasteiger partial charge in [0, 0.05) is 6.07 Å². The van der Waals surface area contributed by atoms with Gasteiger partial charge in [0.15, 0.2) is 11.5 Å². The van der Waals surface area contributed by atoms with Crippen LogP contribution in [-0.2, 0) is 10.4 Å². The molecule has 0 unspecified atom stereocenters. The van der Waals surface area contributed by atoms with E-state index in [0.717, 1.165) is 6.07 Å². The third kappa shape index (κ3) is 3.11. The second-order valence-electron chi connectivity index (χ2n) is 2.68. The molecule has 0 aliphatic heterocycles. The van der Waals surface area contributed by atoms with Gasteiger partial charge in [0.1, 0.15) is 0 Å². The Morgan fingerprint density at radius 3 is 2.38 bits per heavy atom. The Morgan fingerprint density at radius 1 is 1.31 bits per heavy atom. The number of aromatic carboxylic acids is 1. The van der Waals surface area contributed by atoms with Crippen LogP contribution in [0.3, 0.4) is 0 Å². The zero-order valence-electron chi connectivity index (χ0n) is 8.08. The summed E-state index contributed by atoms with van der Waals surface area (Å²) in [5.41, 5.74) is -0.195. The molecule has 0 heterocycles. The molecular weight excluding hydrogens is 240 g/mol. The molecule has 0 amide bonds. The third-order valence-electron chi connectivity index (χ3n) is 1.61. The lowest BCUT2D eigenvalue weighted by Crippen LogP contribution is -2.08. The maximum Gasteiger partial charge on any atom is 0.446 e. The van der Waals surface area contributed by atoms with Crippen LogP contribution in [0.1, 0.15) is 10.4 Å². The first kappa shape index (κ1) is 12.3. The maximum atomic E-state index is 10.6. The SMILES string of the molecule is COc1ccc(C(=O)O)cc1OS(=O)(=O)O. The number of hydrogen-bond donors (Lipinski definition) is 2. The Kier molecular flexibility index (Phi) is 3.35. The van der Waals surface area contributed by atoms with Crippen LogP contribution in [0.2, 0.25) is 0 Å². The van der Waals surface area contributed by atoms with Crippen molar-refractivity contribution in [3.63, 3.8) is 0 Å². The predicted octanol–water partition coefficient (Wildman–Crippen LogP) is 0.575. The average molecular weight is 248 g/mol. The van der Waals surface area contributed by atoms with Crippen LogP contribution in [0.25, 0.3) is 0 Å². The molecule has 0 spiro atoms. The van der Waals surface area contributed by atoms with Gasteiger partial charge < -0.3 is 14.0 Å². The first-order chi connectivity index (χ1) is 7.33. The minimum Gasteiger partial charge on any atom is -0.493 e. The monoisotopic (exact) mass is 248 g/mol. The molecule has 0 fully saturated rings. The van der Waals surface area contributed by atoms with Crippen molar-refractivity contribution < 1.29 is 31.8 Å². The molecule has 1 aromatic carbocycles. The van der Waals surface area contributed by atoms with E-state index in [1.165, 1.54) is 19.2 Å². The largest absolute Gasteiger partial charge is 0.493 e. The van der Waals surface area contributed by atoms with E-state index in [2.05, 4.69) is 4.18 Å². The van der Waals surface area contributed by atoms with Crippen molar-refractivity contribution in [3.05, 3.63) is 23.8 Å². The minimum absolute atomic E-state index is 0.0115. The number of carbonyl (C=O) groups is 1. The number of benzene rings is 1. The summed E-state index contributed by atoms with van der Waals surface area (Å²) in [6.07, 6.45) is 0. The van der Waals surface area contributed by atoms with Crippen LogP contribution in [0.5, 0.6) is 11.5 Å². The molecule has 16 heavy (non-hydrogen) atoms. The van der Waals surface area contributed by atoms with E-state index < -0.39 is 22.1 Å². The molecular formula is C8H8O7S. The van der Waals surface area contributed by atoms with Gasteiger partial charge in [-0.25, -0.2) is 4.79 Å². The van der Waals surface area contributed by atoms with Gasteiger partial charge in [0.2, 0.25) is 0 Å². The highest BCUT2D eigenvalue weighted by atomic mass is 32.3. The lowest BCUT2D eigenvalue weighted by atomic mass is 10.2. The number of hydrogen-bond acceptors (Lipinski definition) is 5. The van der Waals surface area contributed by atoms with Crippen molar-refractivity contribution in [3.8, 4) is 11.5 Å². The van der Waals surface area contributed by atoms with Crippen LogP contribution in [0.15, 0.2) is 18.2 Å². The lowest BCUT2D eigenvalue weighted by Gasteiger charge is -2.07. The van der Waals surface area contributed by atoms with Gasteiger partial charge in [-0.2, -0.15) is 8.42 Å². The molecule has 1 rings (SSSR count). The van der Waals surface area contributed by atoms with Crippen molar-refractivity contribution in [2.45, 2.75) is 0 Å². The smallest absolute Gasteiger partial charge is 0.446 e. The summed E-state index contributed by atoms with van der Waals surface area (Å²) in [5.74, 6) is -1.67. The summed E-state index contributed by atoms with van der Waals surface area (Å²) in [5, 5.41) is 8.66. The summed E-state index contributed by atoms with van der Waals surface area (Å²) in [6, 6.07) is 3.34. The zero-order chi connectivity index (χ0) is 12.3. The van der Waals surface area contributed by atoms with Gasteiger partial charge in [0.25, 0.3) is 0 Å². The first-order valence-electron chi connectivity index (χ1n) is 3.91. The number of carboxylic acids is 1. The summed E-state index contributed by atoms with van der Waals surface area (Å²) in [6.45, 7) is 0. The molecule has 88 valence electrons.